The summed E-state index contributed by atoms with van der Waals surface area (Å²) in [6, 6.07) is 7.25. The molecule has 0 spiro atoms. The highest BCUT2D eigenvalue weighted by Gasteiger charge is 2.30. The lowest BCUT2D eigenvalue weighted by Gasteiger charge is -2.28. The van der Waals surface area contributed by atoms with Crippen LogP contribution in [-0.4, -0.2) is 53.2 Å². The van der Waals surface area contributed by atoms with E-state index < -0.39 is 0 Å². The summed E-state index contributed by atoms with van der Waals surface area (Å²) in [6.07, 6.45) is 5.86. The van der Waals surface area contributed by atoms with E-state index >= 15 is 0 Å². The van der Waals surface area contributed by atoms with Crippen molar-refractivity contribution >= 4 is 23.0 Å². The largest absolute Gasteiger partial charge is 0.384 e. The minimum atomic E-state index is -0.189. The number of halogens is 1. The Morgan fingerprint density at radius 3 is 2.91 bits per heavy atom. The van der Waals surface area contributed by atoms with Crippen molar-refractivity contribution < 1.29 is 4.39 Å². The number of nitrogens with one attached hydrogen (secondary N) is 1. The molecule has 1 fully saturated rings. The topological polar surface area (TPSA) is 74.7 Å². The SMILES string of the molecule is C=C(NCCN(C)C)c1c(N)nn2ccc(N3CCC[C@@H]3c3cc(F)ccc3CCC)nc12. The quantitative estimate of drug-likeness (QED) is 0.515. The van der Waals surface area contributed by atoms with Crippen molar-refractivity contribution in [1.82, 2.24) is 24.8 Å². The van der Waals surface area contributed by atoms with E-state index in [4.69, 9.17) is 10.7 Å². The van der Waals surface area contributed by atoms with Crippen LogP contribution in [0.4, 0.5) is 16.0 Å². The summed E-state index contributed by atoms with van der Waals surface area (Å²) >= 11 is 0. The number of nitrogen functional groups attached to an aromatic ring is 1. The van der Waals surface area contributed by atoms with E-state index in [2.05, 4.69) is 33.7 Å². The maximum atomic E-state index is 14.2. The van der Waals surface area contributed by atoms with Gasteiger partial charge in [-0.15, -0.1) is 5.10 Å². The number of aryl methyl sites for hydroxylation is 1. The van der Waals surface area contributed by atoms with Crippen LogP contribution in [0.3, 0.4) is 0 Å². The van der Waals surface area contributed by atoms with Gasteiger partial charge in [-0.3, -0.25) is 0 Å². The van der Waals surface area contributed by atoms with E-state index in [0.29, 0.717) is 17.2 Å². The molecular weight excluding hydrogens is 417 g/mol. The predicted molar refractivity (Wildman–Crippen MR) is 133 cm³/mol. The molecule has 3 heterocycles. The molecule has 3 aromatic rings. The summed E-state index contributed by atoms with van der Waals surface area (Å²) in [5, 5.41) is 7.76. The molecule has 8 heteroatoms. The summed E-state index contributed by atoms with van der Waals surface area (Å²) in [5.74, 6) is 1.06. The van der Waals surface area contributed by atoms with Gasteiger partial charge in [0.1, 0.15) is 11.6 Å². The van der Waals surface area contributed by atoms with Gasteiger partial charge >= 0.3 is 0 Å². The number of nitrogens with zero attached hydrogens (tertiary/aromatic N) is 5. The Bertz CT molecular complexity index is 1140. The van der Waals surface area contributed by atoms with Crippen molar-refractivity contribution in [3.63, 3.8) is 0 Å². The van der Waals surface area contributed by atoms with E-state index in [0.717, 1.165) is 62.3 Å². The van der Waals surface area contributed by atoms with E-state index in [1.807, 2.05) is 32.4 Å². The number of hydrogen-bond donors (Lipinski definition) is 2. The first kappa shape index (κ1) is 23.0. The highest BCUT2D eigenvalue weighted by Crippen LogP contribution is 2.38. The molecular formula is C25H34FN7. The van der Waals surface area contributed by atoms with E-state index in [9.17, 15) is 4.39 Å². The molecule has 4 rings (SSSR count). The normalized spacial score (nSPS) is 16.2. The van der Waals surface area contributed by atoms with Crippen LogP contribution < -0.4 is 16.0 Å². The van der Waals surface area contributed by atoms with Crippen LogP contribution in [-0.2, 0) is 6.42 Å². The van der Waals surface area contributed by atoms with Crippen LogP contribution in [0.5, 0.6) is 0 Å². The number of anilines is 2. The predicted octanol–water partition coefficient (Wildman–Crippen LogP) is 3.87. The minimum Gasteiger partial charge on any atom is -0.384 e. The third-order valence-corrected chi connectivity index (χ3v) is 6.23. The Kier molecular flexibility index (Phi) is 6.83. The molecule has 1 aliphatic rings. The summed E-state index contributed by atoms with van der Waals surface area (Å²) < 4.78 is 15.9. The zero-order chi connectivity index (χ0) is 23.5. The number of hydrogen-bond acceptors (Lipinski definition) is 6. The maximum absolute atomic E-state index is 14.2. The van der Waals surface area contributed by atoms with Crippen LogP contribution in [0.2, 0.25) is 0 Å². The molecule has 0 aliphatic carbocycles. The summed E-state index contributed by atoms with van der Waals surface area (Å²) in [6.45, 7) is 8.82. The highest BCUT2D eigenvalue weighted by atomic mass is 19.1. The Morgan fingerprint density at radius 1 is 1.33 bits per heavy atom. The van der Waals surface area contributed by atoms with Crippen molar-refractivity contribution in [1.29, 1.82) is 0 Å². The molecule has 0 amide bonds. The summed E-state index contributed by atoms with van der Waals surface area (Å²) in [7, 11) is 4.05. The zero-order valence-corrected chi connectivity index (χ0v) is 19.8. The van der Waals surface area contributed by atoms with E-state index in [-0.39, 0.29) is 11.9 Å². The average Bonchev–Trinajstić information content (AvgIpc) is 3.38. The van der Waals surface area contributed by atoms with Gasteiger partial charge in [-0.1, -0.05) is 26.0 Å². The van der Waals surface area contributed by atoms with Crippen LogP contribution in [0.1, 0.15) is 48.9 Å². The van der Waals surface area contributed by atoms with Gasteiger partial charge in [-0.25, -0.2) is 13.9 Å². The summed E-state index contributed by atoms with van der Waals surface area (Å²) in [5.41, 5.74) is 10.6. The zero-order valence-electron chi connectivity index (χ0n) is 19.8. The molecule has 176 valence electrons. The van der Waals surface area contributed by atoms with Crippen molar-refractivity contribution in [2.75, 3.05) is 44.4 Å². The molecule has 1 aromatic carbocycles. The number of likely N-dealkylation sites (N-methyl/N-ethyl adjacent to an activating group) is 1. The molecule has 0 bridgehead atoms. The first-order valence-electron chi connectivity index (χ1n) is 11.7. The first-order chi connectivity index (χ1) is 15.9. The number of nitrogens with two attached hydrogens (primary N) is 1. The van der Waals surface area contributed by atoms with Gasteiger partial charge in [0.25, 0.3) is 0 Å². The van der Waals surface area contributed by atoms with Gasteiger partial charge in [-0.2, -0.15) is 0 Å². The molecule has 0 unspecified atom stereocenters. The molecule has 7 nitrogen and oxygen atoms in total. The van der Waals surface area contributed by atoms with Crippen molar-refractivity contribution in [3.05, 3.63) is 59.5 Å². The molecule has 0 saturated carbocycles. The van der Waals surface area contributed by atoms with Gasteiger partial charge in [-0.05, 0) is 62.7 Å². The molecule has 3 N–H and O–H groups in total. The fourth-order valence-corrected chi connectivity index (χ4v) is 4.64. The number of rotatable bonds is 9. The van der Waals surface area contributed by atoms with Crippen molar-refractivity contribution in [2.45, 2.75) is 38.6 Å². The van der Waals surface area contributed by atoms with Gasteiger partial charge in [0.2, 0.25) is 0 Å². The molecule has 1 saturated heterocycles. The molecule has 33 heavy (non-hydrogen) atoms. The van der Waals surface area contributed by atoms with Gasteiger partial charge in [0.05, 0.1) is 11.6 Å². The standard InChI is InChI=1S/C25H34FN7/c1-5-7-18-9-10-19(26)16-20(18)21-8-6-13-32(21)22-11-14-33-25(29-22)23(24(27)30-33)17(2)28-12-15-31(3)4/h9-11,14,16,21,28H,2,5-8,12-13,15H2,1,3-4H3,(H2,27,30)/t21-/m1/s1. The lowest BCUT2D eigenvalue weighted by Crippen LogP contribution is -2.26. The molecule has 1 atom stereocenters. The number of aromatic nitrogens is 3. The molecule has 0 radical (unpaired) electrons. The Balaban J connectivity index is 1.67. The van der Waals surface area contributed by atoms with Crippen LogP contribution >= 0.6 is 0 Å². The minimum absolute atomic E-state index is 0.0994. The van der Waals surface area contributed by atoms with E-state index in [1.165, 1.54) is 5.56 Å². The molecule has 1 aliphatic heterocycles. The fourth-order valence-electron chi connectivity index (χ4n) is 4.64. The van der Waals surface area contributed by atoms with Crippen molar-refractivity contribution in [2.24, 2.45) is 0 Å². The second-order valence-corrected chi connectivity index (χ2v) is 8.97. The van der Waals surface area contributed by atoms with Crippen molar-refractivity contribution in [3.8, 4) is 0 Å². The van der Waals surface area contributed by atoms with Gasteiger partial charge in [0, 0.05) is 31.5 Å². The van der Waals surface area contributed by atoms with E-state index in [1.54, 1.807) is 16.6 Å². The van der Waals surface area contributed by atoms with Crippen LogP contribution in [0, 0.1) is 5.82 Å². The molecule has 2 aromatic heterocycles. The smallest absolute Gasteiger partial charge is 0.168 e. The lowest BCUT2D eigenvalue weighted by molar-refractivity contribution is 0.411. The second-order valence-electron chi connectivity index (χ2n) is 8.97. The third kappa shape index (κ3) is 4.80. The Labute approximate surface area is 195 Å². The average molecular weight is 452 g/mol. The van der Waals surface area contributed by atoms with Crippen LogP contribution in [0.15, 0.2) is 37.0 Å². The summed E-state index contributed by atoms with van der Waals surface area (Å²) in [4.78, 5) is 9.34. The number of benzene rings is 1. The van der Waals surface area contributed by atoms with Gasteiger partial charge in [0.15, 0.2) is 11.5 Å². The Morgan fingerprint density at radius 2 is 2.15 bits per heavy atom. The lowest BCUT2D eigenvalue weighted by atomic mass is 9.95. The number of fused-ring (bicyclic) bond motifs is 1. The van der Waals surface area contributed by atoms with Gasteiger partial charge < -0.3 is 20.9 Å². The maximum Gasteiger partial charge on any atom is 0.168 e. The van der Waals surface area contributed by atoms with Crippen LogP contribution in [0.25, 0.3) is 11.3 Å². The fraction of sp³-hybridized carbons (Fsp3) is 0.440. The highest BCUT2D eigenvalue weighted by molar-refractivity contribution is 5.81. The Hall–Kier alpha value is -3.13. The monoisotopic (exact) mass is 451 g/mol. The second kappa shape index (κ2) is 9.79. The third-order valence-electron chi connectivity index (χ3n) is 6.23. The first-order valence-corrected chi connectivity index (χ1v) is 11.7.